The Morgan fingerprint density at radius 3 is 1.59 bits per heavy atom. The smallest absolute Gasteiger partial charge is 0.330 e. The van der Waals surface area contributed by atoms with Gasteiger partial charge in [0.1, 0.15) is 13.2 Å². The zero-order chi connectivity index (χ0) is 20.5. The number of hydrogen-bond donors (Lipinski definition) is 0. The Labute approximate surface area is 173 Å². The molecular weight excluding hydrogens is 376 g/mol. The van der Waals surface area contributed by atoms with Crippen LogP contribution in [-0.4, -0.2) is 64.8 Å². The molecule has 4 saturated carbocycles. The Morgan fingerprint density at radius 1 is 0.724 bits per heavy atom. The van der Waals surface area contributed by atoms with Crippen molar-refractivity contribution < 1.29 is 33.3 Å². The quantitative estimate of drug-likeness (QED) is 0.247. The molecule has 0 unspecified atom stereocenters. The lowest BCUT2D eigenvalue weighted by molar-refractivity contribution is -0.173. The van der Waals surface area contributed by atoms with Gasteiger partial charge >= 0.3 is 11.9 Å². The van der Waals surface area contributed by atoms with E-state index >= 15 is 0 Å². The van der Waals surface area contributed by atoms with E-state index in [9.17, 15) is 9.59 Å². The molecular formula is C22H34O7. The van der Waals surface area contributed by atoms with Gasteiger partial charge in [-0.25, -0.2) is 4.79 Å². The number of ether oxygens (including phenoxy) is 5. The lowest BCUT2D eigenvalue weighted by atomic mass is 9.49. The van der Waals surface area contributed by atoms with Crippen molar-refractivity contribution >= 4 is 11.9 Å². The van der Waals surface area contributed by atoms with Crippen LogP contribution in [0.5, 0.6) is 0 Å². The zero-order valence-electron chi connectivity index (χ0n) is 17.3. The average molecular weight is 411 g/mol. The third-order valence-electron chi connectivity index (χ3n) is 6.31. The summed E-state index contributed by atoms with van der Waals surface area (Å²) in [5, 5.41) is 0. The van der Waals surface area contributed by atoms with Crippen LogP contribution in [0.4, 0.5) is 0 Å². The molecule has 0 saturated heterocycles. The topological polar surface area (TPSA) is 80.3 Å². The number of carbonyl (C=O) groups is 2. The minimum Gasteiger partial charge on any atom is -0.463 e. The van der Waals surface area contributed by atoms with Gasteiger partial charge in [0.2, 0.25) is 0 Å². The minimum atomic E-state index is -0.453. The molecule has 4 bridgehead atoms. The van der Waals surface area contributed by atoms with Gasteiger partial charge in [-0.2, -0.15) is 0 Å². The van der Waals surface area contributed by atoms with Gasteiger partial charge in [-0.05, 0) is 56.3 Å². The molecule has 0 amide bonds. The van der Waals surface area contributed by atoms with Gasteiger partial charge in [0.15, 0.2) is 0 Å². The van der Waals surface area contributed by atoms with Gasteiger partial charge in [-0.1, -0.05) is 6.58 Å². The molecule has 0 heterocycles. The average Bonchev–Trinajstić information content (AvgIpc) is 2.70. The van der Waals surface area contributed by atoms with Crippen LogP contribution in [0.3, 0.4) is 0 Å². The fourth-order valence-electron chi connectivity index (χ4n) is 5.51. The molecule has 0 spiro atoms. The maximum absolute atomic E-state index is 12.7. The van der Waals surface area contributed by atoms with E-state index in [2.05, 4.69) is 6.58 Å². The molecule has 4 rings (SSSR count). The van der Waals surface area contributed by atoms with E-state index in [-0.39, 0.29) is 18.0 Å². The largest absolute Gasteiger partial charge is 0.463 e. The first-order valence-corrected chi connectivity index (χ1v) is 10.8. The van der Waals surface area contributed by atoms with Crippen molar-refractivity contribution in [2.24, 2.45) is 23.2 Å². The van der Waals surface area contributed by atoms with Gasteiger partial charge < -0.3 is 23.7 Å². The predicted molar refractivity (Wildman–Crippen MR) is 105 cm³/mol. The molecule has 0 radical (unpaired) electrons. The van der Waals surface area contributed by atoms with Crippen LogP contribution in [0.15, 0.2) is 12.7 Å². The predicted octanol–water partition coefficient (Wildman–Crippen LogP) is 2.53. The molecule has 0 aromatic heterocycles. The molecule has 164 valence electrons. The summed E-state index contributed by atoms with van der Waals surface area (Å²) >= 11 is 0. The normalized spacial score (nSPS) is 29.6. The summed E-state index contributed by atoms with van der Waals surface area (Å²) in [6.07, 6.45) is 8.19. The van der Waals surface area contributed by atoms with Crippen molar-refractivity contribution in [3.05, 3.63) is 12.7 Å². The van der Waals surface area contributed by atoms with E-state index in [1.807, 2.05) is 0 Å². The maximum atomic E-state index is 12.7. The summed E-state index contributed by atoms with van der Waals surface area (Å²) < 4.78 is 26.5. The van der Waals surface area contributed by atoms with Gasteiger partial charge in [0.05, 0.1) is 45.1 Å². The van der Waals surface area contributed by atoms with Crippen molar-refractivity contribution in [1.82, 2.24) is 0 Å². The molecule has 0 N–H and O–H groups in total. The summed E-state index contributed by atoms with van der Waals surface area (Å²) in [5.41, 5.74) is -0.193. The number of carbonyl (C=O) groups excluding carboxylic acids is 2. The SMILES string of the molecule is C=CC(=O)OCCOCCOCCOCCOC(=O)C12CC3CC(CC(C3)C1)C2. The van der Waals surface area contributed by atoms with Gasteiger partial charge in [0.25, 0.3) is 0 Å². The lowest BCUT2D eigenvalue weighted by Crippen LogP contribution is -2.50. The maximum Gasteiger partial charge on any atom is 0.330 e. The summed E-state index contributed by atoms with van der Waals surface area (Å²) in [4.78, 5) is 23.5. The van der Waals surface area contributed by atoms with E-state index in [0.29, 0.717) is 46.2 Å². The van der Waals surface area contributed by atoms with E-state index in [4.69, 9.17) is 23.7 Å². The van der Waals surface area contributed by atoms with Gasteiger partial charge in [0, 0.05) is 6.08 Å². The van der Waals surface area contributed by atoms with E-state index < -0.39 is 5.97 Å². The first kappa shape index (κ1) is 22.2. The highest BCUT2D eigenvalue weighted by Crippen LogP contribution is 2.60. The fraction of sp³-hybridized carbons (Fsp3) is 0.818. The number of rotatable bonds is 14. The number of esters is 2. The highest BCUT2D eigenvalue weighted by atomic mass is 16.6. The third kappa shape index (κ3) is 6.52. The van der Waals surface area contributed by atoms with Crippen LogP contribution in [-0.2, 0) is 33.3 Å². The monoisotopic (exact) mass is 410 g/mol. The van der Waals surface area contributed by atoms with Crippen molar-refractivity contribution in [1.29, 1.82) is 0 Å². The zero-order valence-corrected chi connectivity index (χ0v) is 17.3. The van der Waals surface area contributed by atoms with Crippen molar-refractivity contribution in [3.63, 3.8) is 0 Å². The molecule has 4 aliphatic carbocycles. The highest BCUT2D eigenvalue weighted by Gasteiger charge is 2.55. The number of hydrogen-bond acceptors (Lipinski definition) is 7. The standard InChI is InChI=1S/C22H34O7/c1-2-20(23)28-9-7-26-5-3-25-4-6-27-8-10-29-21(24)22-14-17-11-18(15-22)13-19(12-17)16-22/h2,17-19H,1,3-16H2. The first-order chi connectivity index (χ1) is 14.1. The Balaban J connectivity index is 1.13. The Bertz CT molecular complexity index is 524. The Morgan fingerprint density at radius 2 is 1.14 bits per heavy atom. The van der Waals surface area contributed by atoms with E-state index in [1.54, 1.807) is 0 Å². The summed E-state index contributed by atoms with van der Waals surface area (Å²) in [5.74, 6) is 1.79. The molecule has 0 aromatic rings. The molecule has 7 nitrogen and oxygen atoms in total. The Hall–Kier alpha value is -1.44. The van der Waals surface area contributed by atoms with Crippen molar-refractivity contribution in [3.8, 4) is 0 Å². The van der Waals surface area contributed by atoms with Gasteiger partial charge in [-0.3, -0.25) is 4.79 Å². The molecule has 0 aromatic carbocycles. The summed E-state index contributed by atoms with van der Waals surface area (Å²) in [6, 6.07) is 0. The first-order valence-electron chi connectivity index (χ1n) is 10.8. The summed E-state index contributed by atoms with van der Waals surface area (Å²) in [7, 11) is 0. The molecule has 29 heavy (non-hydrogen) atoms. The fourth-order valence-corrected chi connectivity index (χ4v) is 5.51. The second kappa shape index (κ2) is 11.1. The van der Waals surface area contributed by atoms with Gasteiger partial charge in [-0.15, -0.1) is 0 Å². The van der Waals surface area contributed by atoms with Crippen LogP contribution in [0.25, 0.3) is 0 Å². The second-order valence-electron chi connectivity index (χ2n) is 8.54. The third-order valence-corrected chi connectivity index (χ3v) is 6.31. The molecule has 4 aliphatic rings. The molecule has 0 atom stereocenters. The second-order valence-corrected chi connectivity index (χ2v) is 8.54. The summed E-state index contributed by atoms with van der Waals surface area (Å²) in [6.45, 7) is 6.33. The highest BCUT2D eigenvalue weighted by molar-refractivity contribution is 5.81. The van der Waals surface area contributed by atoms with E-state index in [1.165, 1.54) is 19.3 Å². The minimum absolute atomic E-state index is 0.00682. The van der Waals surface area contributed by atoms with E-state index in [0.717, 1.165) is 43.1 Å². The molecule has 7 heteroatoms. The van der Waals surface area contributed by atoms with Crippen LogP contribution in [0, 0.1) is 23.2 Å². The van der Waals surface area contributed by atoms with Crippen LogP contribution < -0.4 is 0 Å². The van der Waals surface area contributed by atoms with Crippen LogP contribution >= 0.6 is 0 Å². The van der Waals surface area contributed by atoms with Crippen molar-refractivity contribution in [2.75, 3.05) is 52.9 Å². The Kier molecular flexibility index (Phi) is 8.51. The van der Waals surface area contributed by atoms with Crippen molar-refractivity contribution in [2.45, 2.75) is 38.5 Å². The lowest BCUT2D eigenvalue weighted by Gasteiger charge is -2.55. The van der Waals surface area contributed by atoms with Crippen LogP contribution in [0.2, 0.25) is 0 Å². The molecule has 4 fully saturated rings. The van der Waals surface area contributed by atoms with Crippen LogP contribution in [0.1, 0.15) is 38.5 Å². The molecule has 0 aliphatic heterocycles.